The fraction of sp³-hybridized carbons (Fsp3) is 0.909. The highest BCUT2D eigenvalue weighted by Gasteiger charge is 2.20. The Morgan fingerprint density at radius 1 is 1.50 bits per heavy atom. The first kappa shape index (κ1) is 13.3. The van der Waals surface area contributed by atoms with Crippen LogP contribution >= 0.6 is 0 Å². The molecule has 0 radical (unpaired) electrons. The molecule has 0 bridgehead atoms. The van der Waals surface area contributed by atoms with Gasteiger partial charge < -0.3 is 19.6 Å². The molecular weight excluding hydrogens is 208 g/mol. The zero-order valence-electron chi connectivity index (χ0n) is 10.2. The van der Waals surface area contributed by atoms with Crippen molar-refractivity contribution in [2.24, 2.45) is 5.92 Å². The monoisotopic (exact) mass is 230 g/mol. The second kappa shape index (κ2) is 6.70. The van der Waals surface area contributed by atoms with Crippen LogP contribution in [0.25, 0.3) is 0 Å². The highest BCUT2D eigenvalue weighted by atomic mass is 16.6. The molecule has 0 spiro atoms. The number of rotatable bonds is 4. The van der Waals surface area contributed by atoms with Gasteiger partial charge in [0.05, 0.1) is 6.61 Å². The van der Waals surface area contributed by atoms with Crippen molar-refractivity contribution in [3.8, 4) is 0 Å². The lowest BCUT2D eigenvalue weighted by Gasteiger charge is -2.31. The van der Waals surface area contributed by atoms with Gasteiger partial charge in [-0.25, -0.2) is 4.79 Å². The number of aliphatic hydroxyl groups is 1. The lowest BCUT2D eigenvalue weighted by Crippen LogP contribution is -2.38. The molecule has 1 heterocycles. The Balaban J connectivity index is 2.22. The van der Waals surface area contributed by atoms with Gasteiger partial charge in [0.25, 0.3) is 0 Å². The first-order valence-corrected chi connectivity index (χ1v) is 5.80. The molecule has 0 saturated carbocycles. The van der Waals surface area contributed by atoms with Crippen LogP contribution in [0.4, 0.5) is 4.79 Å². The minimum absolute atomic E-state index is 0.0799. The van der Waals surface area contributed by atoms with Crippen molar-refractivity contribution >= 4 is 6.09 Å². The topological polar surface area (TPSA) is 53.0 Å². The third kappa shape index (κ3) is 4.37. The van der Waals surface area contributed by atoms with Crippen LogP contribution in [0.15, 0.2) is 0 Å². The van der Waals surface area contributed by atoms with E-state index >= 15 is 0 Å². The molecule has 0 unspecified atom stereocenters. The van der Waals surface area contributed by atoms with Gasteiger partial charge in [-0.3, -0.25) is 0 Å². The molecule has 1 amide bonds. The Morgan fingerprint density at radius 3 is 2.69 bits per heavy atom. The number of nitrogens with zero attached hydrogens (tertiary/aromatic N) is 2. The zero-order valence-corrected chi connectivity index (χ0v) is 10.2. The van der Waals surface area contributed by atoms with Crippen molar-refractivity contribution in [2.45, 2.75) is 12.8 Å². The molecule has 0 atom stereocenters. The van der Waals surface area contributed by atoms with E-state index in [1.165, 1.54) is 0 Å². The summed E-state index contributed by atoms with van der Waals surface area (Å²) in [6, 6.07) is 0. The molecule has 0 aliphatic carbocycles. The number of carbonyl (C=O) groups excluding carboxylic acids is 1. The minimum Gasteiger partial charge on any atom is -0.447 e. The molecule has 0 aromatic rings. The van der Waals surface area contributed by atoms with Gasteiger partial charge in [-0.05, 0) is 38.9 Å². The second-order valence-corrected chi connectivity index (χ2v) is 4.47. The summed E-state index contributed by atoms with van der Waals surface area (Å²) in [6.07, 6.45) is 1.93. The molecule has 5 nitrogen and oxygen atoms in total. The fourth-order valence-corrected chi connectivity index (χ4v) is 1.95. The number of hydrogen-bond acceptors (Lipinski definition) is 4. The Bertz CT molecular complexity index is 215. The van der Waals surface area contributed by atoms with Gasteiger partial charge in [-0.1, -0.05) is 0 Å². The smallest absolute Gasteiger partial charge is 0.409 e. The summed E-state index contributed by atoms with van der Waals surface area (Å²) >= 11 is 0. The number of carbonyl (C=O) groups is 1. The summed E-state index contributed by atoms with van der Waals surface area (Å²) in [7, 11) is 3.87. The second-order valence-electron chi connectivity index (χ2n) is 4.47. The lowest BCUT2D eigenvalue weighted by molar-refractivity contribution is 0.0823. The van der Waals surface area contributed by atoms with E-state index in [1.807, 2.05) is 0 Å². The largest absolute Gasteiger partial charge is 0.447 e. The molecule has 16 heavy (non-hydrogen) atoms. The highest BCUT2D eigenvalue weighted by molar-refractivity contribution is 5.67. The quantitative estimate of drug-likeness (QED) is 0.759. The van der Waals surface area contributed by atoms with Gasteiger partial charge in [-0.15, -0.1) is 0 Å². The maximum Gasteiger partial charge on any atom is 0.409 e. The minimum atomic E-state index is -0.340. The van der Waals surface area contributed by atoms with Crippen LogP contribution in [-0.4, -0.2) is 67.9 Å². The van der Waals surface area contributed by atoms with Gasteiger partial charge in [0.1, 0.15) is 6.61 Å². The van der Waals surface area contributed by atoms with Gasteiger partial charge in [0.15, 0.2) is 0 Å². The number of piperidine rings is 1. The first-order chi connectivity index (χ1) is 7.63. The standard InChI is InChI=1S/C11H22N2O3/c1-12-5-3-10(4-6-12)9-13(2)11(15)16-8-7-14/h10,14H,3-9H2,1-2H3. The van der Waals surface area contributed by atoms with E-state index in [0.717, 1.165) is 32.5 Å². The van der Waals surface area contributed by atoms with Gasteiger partial charge in [0, 0.05) is 13.6 Å². The molecule has 1 aliphatic rings. The summed E-state index contributed by atoms with van der Waals surface area (Å²) in [5, 5.41) is 8.55. The summed E-state index contributed by atoms with van der Waals surface area (Å²) in [6.45, 7) is 2.91. The van der Waals surface area contributed by atoms with E-state index in [9.17, 15) is 4.79 Å². The van der Waals surface area contributed by atoms with Gasteiger partial charge in [0.2, 0.25) is 0 Å². The molecule has 1 rings (SSSR count). The number of hydrogen-bond donors (Lipinski definition) is 1. The zero-order chi connectivity index (χ0) is 12.0. The van der Waals surface area contributed by atoms with Crippen LogP contribution in [0.2, 0.25) is 0 Å². The van der Waals surface area contributed by atoms with Crippen molar-refractivity contribution in [2.75, 3.05) is 46.9 Å². The van der Waals surface area contributed by atoms with E-state index in [4.69, 9.17) is 9.84 Å². The number of amides is 1. The van der Waals surface area contributed by atoms with Crippen LogP contribution in [0.1, 0.15) is 12.8 Å². The summed E-state index contributed by atoms with van der Waals surface area (Å²) in [5.41, 5.74) is 0. The normalized spacial score (nSPS) is 18.4. The van der Waals surface area contributed by atoms with Crippen molar-refractivity contribution in [1.82, 2.24) is 9.80 Å². The average Bonchev–Trinajstić information content (AvgIpc) is 2.29. The van der Waals surface area contributed by atoms with Gasteiger partial charge >= 0.3 is 6.09 Å². The van der Waals surface area contributed by atoms with Crippen LogP contribution < -0.4 is 0 Å². The molecule has 0 aromatic carbocycles. The lowest BCUT2D eigenvalue weighted by atomic mass is 9.97. The Hall–Kier alpha value is -0.810. The predicted octanol–water partition coefficient (Wildman–Crippen LogP) is 0.389. The molecule has 0 aromatic heterocycles. The predicted molar refractivity (Wildman–Crippen MR) is 61.3 cm³/mol. The van der Waals surface area contributed by atoms with Crippen LogP contribution in [0.5, 0.6) is 0 Å². The van der Waals surface area contributed by atoms with Crippen molar-refractivity contribution in [3.05, 3.63) is 0 Å². The Morgan fingerprint density at radius 2 is 2.12 bits per heavy atom. The van der Waals surface area contributed by atoms with Crippen LogP contribution in [0, 0.1) is 5.92 Å². The van der Waals surface area contributed by atoms with E-state index < -0.39 is 0 Å². The van der Waals surface area contributed by atoms with Gasteiger partial charge in [-0.2, -0.15) is 0 Å². The Labute approximate surface area is 97.0 Å². The van der Waals surface area contributed by atoms with Crippen molar-refractivity contribution in [3.63, 3.8) is 0 Å². The van der Waals surface area contributed by atoms with E-state index in [1.54, 1.807) is 11.9 Å². The van der Waals surface area contributed by atoms with E-state index in [0.29, 0.717) is 5.92 Å². The highest BCUT2D eigenvalue weighted by Crippen LogP contribution is 2.16. The molecule has 1 aliphatic heterocycles. The molecule has 1 N–H and O–H groups in total. The number of aliphatic hydroxyl groups excluding tert-OH is 1. The SMILES string of the molecule is CN1CCC(CN(C)C(=O)OCCO)CC1. The van der Waals surface area contributed by atoms with Crippen LogP contribution in [0.3, 0.4) is 0 Å². The third-order valence-corrected chi connectivity index (χ3v) is 3.00. The maximum atomic E-state index is 11.4. The average molecular weight is 230 g/mol. The number of likely N-dealkylation sites (tertiary alicyclic amines) is 1. The van der Waals surface area contributed by atoms with E-state index in [2.05, 4.69) is 11.9 Å². The maximum absolute atomic E-state index is 11.4. The molecule has 5 heteroatoms. The molecule has 94 valence electrons. The molecule has 1 fully saturated rings. The summed E-state index contributed by atoms with van der Waals surface area (Å²) < 4.78 is 4.84. The fourth-order valence-electron chi connectivity index (χ4n) is 1.95. The van der Waals surface area contributed by atoms with Crippen molar-refractivity contribution in [1.29, 1.82) is 0 Å². The Kier molecular flexibility index (Phi) is 5.55. The first-order valence-electron chi connectivity index (χ1n) is 5.80. The summed E-state index contributed by atoms with van der Waals surface area (Å²) in [4.78, 5) is 15.3. The third-order valence-electron chi connectivity index (χ3n) is 3.00. The number of ether oxygens (including phenoxy) is 1. The molecular formula is C11H22N2O3. The van der Waals surface area contributed by atoms with Crippen LogP contribution in [-0.2, 0) is 4.74 Å². The molecule has 1 saturated heterocycles. The van der Waals surface area contributed by atoms with Crippen molar-refractivity contribution < 1.29 is 14.6 Å². The van der Waals surface area contributed by atoms with E-state index in [-0.39, 0.29) is 19.3 Å². The summed E-state index contributed by atoms with van der Waals surface area (Å²) in [5.74, 6) is 0.572.